The molecule has 1 heterocycles. The average Bonchev–Trinajstić information content (AvgIpc) is 2.68. The minimum absolute atomic E-state index is 0.171. The molecule has 110 valence electrons. The van der Waals surface area contributed by atoms with Crippen molar-refractivity contribution in [2.24, 2.45) is 0 Å². The molecule has 0 aromatic heterocycles. The SMILES string of the molecule is C[C@H](C(=O)O)N1C(=O)/C(=C\c2ccc(O)c(O)c2)SC1=S. The molecule has 0 saturated carbocycles. The maximum atomic E-state index is 12.2. The molecular weight excluding hydrogens is 314 g/mol. The van der Waals surface area contributed by atoms with E-state index in [1.807, 2.05) is 0 Å². The molecule has 0 bridgehead atoms. The molecular formula is C13H11NO5S2. The number of amides is 1. The zero-order chi connectivity index (χ0) is 15.7. The van der Waals surface area contributed by atoms with Gasteiger partial charge < -0.3 is 15.3 Å². The van der Waals surface area contributed by atoms with Crippen LogP contribution < -0.4 is 0 Å². The van der Waals surface area contributed by atoms with E-state index in [0.717, 1.165) is 16.7 Å². The first-order valence-corrected chi connectivity index (χ1v) is 7.05. The van der Waals surface area contributed by atoms with Gasteiger partial charge in [-0.05, 0) is 30.7 Å². The lowest BCUT2D eigenvalue weighted by Crippen LogP contribution is -2.41. The lowest BCUT2D eigenvalue weighted by Gasteiger charge is -2.18. The zero-order valence-corrected chi connectivity index (χ0v) is 12.4. The van der Waals surface area contributed by atoms with E-state index in [2.05, 4.69) is 0 Å². The summed E-state index contributed by atoms with van der Waals surface area (Å²) in [7, 11) is 0. The number of thioether (sulfide) groups is 1. The number of phenols is 2. The molecule has 1 saturated heterocycles. The standard InChI is InChI=1S/C13H11NO5S2/c1-6(12(18)19)14-11(17)10(21-13(14)20)5-7-2-3-8(15)9(16)4-7/h2-6,15-16H,1H3,(H,18,19)/b10-5+/t6-/m1/s1. The fourth-order valence-electron chi connectivity index (χ4n) is 1.71. The van der Waals surface area contributed by atoms with Crippen molar-refractivity contribution in [3.05, 3.63) is 28.7 Å². The first kappa shape index (κ1) is 15.3. The highest BCUT2D eigenvalue weighted by molar-refractivity contribution is 8.26. The Hall–Kier alpha value is -2.06. The molecule has 2 rings (SSSR count). The van der Waals surface area contributed by atoms with Crippen LogP contribution in [0, 0.1) is 0 Å². The van der Waals surface area contributed by atoms with Gasteiger partial charge in [0, 0.05) is 0 Å². The lowest BCUT2D eigenvalue weighted by molar-refractivity contribution is -0.144. The first-order chi connectivity index (χ1) is 9.81. The number of thiocarbonyl (C=S) groups is 1. The normalized spacial score (nSPS) is 18.3. The summed E-state index contributed by atoms with van der Waals surface area (Å²) in [6, 6.07) is 3.06. The van der Waals surface area contributed by atoms with Gasteiger partial charge in [-0.3, -0.25) is 9.69 Å². The molecule has 3 N–H and O–H groups in total. The number of rotatable bonds is 3. The van der Waals surface area contributed by atoms with Gasteiger partial charge in [0.25, 0.3) is 5.91 Å². The van der Waals surface area contributed by atoms with E-state index in [4.69, 9.17) is 17.3 Å². The van der Waals surface area contributed by atoms with E-state index in [9.17, 15) is 19.8 Å². The van der Waals surface area contributed by atoms with Crippen molar-refractivity contribution >= 4 is 46.3 Å². The van der Waals surface area contributed by atoms with Crippen molar-refractivity contribution < 1.29 is 24.9 Å². The van der Waals surface area contributed by atoms with Crippen LogP contribution in [0.25, 0.3) is 6.08 Å². The Morgan fingerprint density at radius 3 is 2.62 bits per heavy atom. The Morgan fingerprint density at radius 2 is 2.05 bits per heavy atom. The molecule has 0 spiro atoms. The Balaban J connectivity index is 2.32. The predicted molar refractivity (Wildman–Crippen MR) is 81.9 cm³/mol. The van der Waals surface area contributed by atoms with Crippen molar-refractivity contribution in [1.29, 1.82) is 0 Å². The molecule has 1 fully saturated rings. The molecule has 1 aliphatic rings. The van der Waals surface area contributed by atoms with Crippen LogP contribution in [0.5, 0.6) is 11.5 Å². The van der Waals surface area contributed by atoms with Gasteiger partial charge in [-0.25, -0.2) is 4.79 Å². The molecule has 0 aliphatic carbocycles. The molecule has 21 heavy (non-hydrogen) atoms. The van der Waals surface area contributed by atoms with Gasteiger partial charge in [0.1, 0.15) is 10.4 Å². The fourth-order valence-corrected chi connectivity index (χ4v) is 3.12. The number of carboxylic acids is 1. The molecule has 1 aliphatic heterocycles. The fraction of sp³-hybridized carbons (Fsp3) is 0.154. The smallest absolute Gasteiger partial charge is 0.326 e. The van der Waals surface area contributed by atoms with Crippen LogP contribution in [0.1, 0.15) is 12.5 Å². The highest BCUT2D eigenvalue weighted by Gasteiger charge is 2.38. The number of aromatic hydroxyl groups is 2. The summed E-state index contributed by atoms with van der Waals surface area (Å²) in [4.78, 5) is 24.5. The number of phenolic OH excluding ortho intramolecular Hbond substituents is 2. The summed E-state index contributed by atoms with van der Waals surface area (Å²) in [5.74, 6) is -2.21. The monoisotopic (exact) mass is 325 g/mol. The van der Waals surface area contributed by atoms with E-state index < -0.39 is 17.9 Å². The van der Waals surface area contributed by atoms with Crippen LogP contribution in [-0.4, -0.2) is 42.5 Å². The molecule has 8 heteroatoms. The molecule has 1 aromatic rings. The third-order valence-corrected chi connectivity index (χ3v) is 4.20. The van der Waals surface area contributed by atoms with Gasteiger partial charge in [-0.1, -0.05) is 30.0 Å². The van der Waals surface area contributed by atoms with Gasteiger partial charge in [-0.15, -0.1) is 0 Å². The predicted octanol–water partition coefficient (Wildman–Crippen LogP) is 1.77. The quantitative estimate of drug-likeness (QED) is 0.442. The van der Waals surface area contributed by atoms with Gasteiger partial charge in [0.15, 0.2) is 11.5 Å². The van der Waals surface area contributed by atoms with Gasteiger partial charge in [0.05, 0.1) is 4.91 Å². The maximum Gasteiger partial charge on any atom is 0.326 e. The highest BCUT2D eigenvalue weighted by Crippen LogP contribution is 2.35. The highest BCUT2D eigenvalue weighted by atomic mass is 32.2. The van der Waals surface area contributed by atoms with E-state index >= 15 is 0 Å². The summed E-state index contributed by atoms with van der Waals surface area (Å²) in [5.41, 5.74) is 0.494. The molecule has 0 unspecified atom stereocenters. The van der Waals surface area contributed by atoms with Crippen LogP contribution in [0.2, 0.25) is 0 Å². The Bertz CT molecular complexity index is 671. The number of carboxylic acid groups (broad SMARTS) is 1. The minimum atomic E-state index is -1.14. The van der Waals surface area contributed by atoms with Crippen LogP contribution in [0.3, 0.4) is 0 Å². The third kappa shape index (κ3) is 3.01. The third-order valence-electron chi connectivity index (χ3n) is 2.87. The average molecular weight is 325 g/mol. The van der Waals surface area contributed by atoms with Gasteiger partial charge in [-0.2, -0.15) is 0 Å². The first-order valence-electron chi connectivity index (χ1n) is 5.83. The number of hydrogen-bond donors (Lipinski definition) is 3. The van der Waals surface area contributed by atoms with Crippen LogP contribution in [0.4, 0.5) is 0 Å². The lowest BCUT2D eigenvalue weighted by atomic mass is 10.2. The molecule has 1 amide bonds. The second-order valence-corrected chi connectivity index (χ2v) is 5.99. The van der Waals surface area contributed by atoms with Gasteiger partial charge >= 0.3 is 5.97 Å². The number of aliphatic carboxylic acids is 1. The Morgan fingerprint density at radius 1 is 1.38 bits per heavy atom. The topological polar surface area (TPSA) is 98.1 Å². The van der Waals surface area contributed by atoms with Crippen molar-refractivity contribution in [1.82, 2.24) is 4.90 Å². The van der Waals surface area contributed by atoms with Crippen molar-refractivity contribution in [3.8, 4) is 11.5 Å². The second kappa shape index (κ2) is 5.74. The van der Waals surface area contributed by atoms with E-state index in [1.165, 1.54) is 31.2 Å². The second-order valence-electron chi connectivity index (χ2n) is 4.31. The van der Waals surface area contributed by atoms with Crippen molar-refractivity contribution in [3.63, 3.8) is 0 Å². The number of hydrogen-bond acceptors (Lipinski definition) is 6. The Labute approximate surface area is 129 Å². The summed E-state index contributed by atoms with van der Waals surface area (Å²) >= 11 is 6.02. The zero-order valence-electron chi connectivity index (χ0n) is 10.8. The van der Waals surface area contributed by atoms with Crippen LogP contribution in [-0.2, 0) is 9.59 Å². The number of carbonyl (C=O) groups excluding carboxylic acids is 1. The Kier molecular flexibility index (Phi) is 4.19. The van der Waals surface area contributed by atoms with Crippen molar-refractivity contribution in [2.75, 3.05) is 0 Å². The van der Waals surface area contributed by atoms with Crippen LogP contribution in [0.15, 0.2) is 23.1 Å². The van der Waals surface area contributed by atoms with E-state index in [-0.39, 0.29) is 20.7 Å². The summed E-state index contributed by atoms with van der Waals surface area (Å²) in [5, 5.41) is 27.6. The van der Waals surface area contributed by atoms with Gasteiger partial charge in [0.2, 0.25) is 0 Å². The minimum Gasteiger partial charge on any atom is -0.504 e. The largest absolute Gasteiger partial charge is 0.504 e. The summed E-state index contributed by atoms with van der Waals surface area (Å²) in [6.45, 7) is 1.38. The molecule has 6 nitrogen and oxygen atoms in total. The molecule has 1 aromatic carbocycles. The number of benzene rings is 1. The van der Waals surface area contributed by atoms with Crippen LogP contribution >= 0.6 is 24.0 Å². The van der Waals surface area contributed by atoms with E-state index in [0.29, 0.717) is 5.56 Å². The molecule has 1 atom stereocenters. The molecule has 0 radical (unpaired) electrons. The van der Waals surface area contributed by atoms with E-state index in [1.54, 1.807) is 0 Å². The summed E-state index contributed by atoms with van der Waals surface area (Å²) in [6.07, 6.45) is 1.48. The number of carbonyl (C=O) groups is 2. The number of nitrogens with zero attached hydrogens (tertiary/aromatic N) is 1. The van der Waals surface area contributed by atoms with Crippen molar-refractivity contribution in [2.45, 2.75) is 13.0 Å². The maximum absolute atomic E-state index is 12.2. The summed E-state index contributed by atoms with van der Waals surface area (Å²) < 4.78 is 0.171.